The maximum atomic E-state index is 11.8. The van der Waals surface area contributed by atoms with E-state index in [-0.39, 0.29) is 13.0 Å². The van der Waals surface area contributed by atoms with Gasteiger partial charge < -0.3 is 14.6 Å². The second-order valence-corrected chi connectivity index (χ2v) is 2.72. The fourth-order valence-corrected chi connectivity index (χ4v) is 0.951. The summed E-state index contributed by atoms with van der Waals surface area (Å²) in [5.74, 6) is 0.0259. The van der Waals surface area contributed by atoms with Crippen molar-refractivity contribution in [1.82, 2.24) is 0 Å². The Labute approximate surface area is 86.2 Å². The molecular weight excluding hydrogens is 203 g/mol. The fourth-order valence-electron chi connectivity index (χ4n) is 0.951. The van der Waals surface area contributed by atoms with Crippen LogP contribution in [-0.2, 0) is 4.79 Å². The zero-order valence-electron chi connectivity index (χ0n) is 7.98. The molecule has 0 saturated carbocycles. The van der Waals surface area contributed by atoms with Crippen molar-refractivity contribution >= 4 is 5.97 Å². The van der Waals surface area contributed by atoms with Crippen molar-refractivity contribution in [3.63, 3.8) is 0 Å². The van der Waals surface area contributed by atoms with E-state index >= 15 is 0 Å². The van der Waals surface area contributed by atoms with E-state index < -0.39 is 12.8 Å². The zero-order valence-corrected chi connectivity index (χ0v) is 7.98. The lowest BCUT2D eigenvalue weighted by molar-refractivity contribution is -0.137. The first-order valence-electron chi connectivity index (χ1n) is 4.36. The predicted molar refractivity (Wildman–Crippen MR) is 50.8 cm³/mol. The SMILES string of the molecule is O=C(O)CCOc1ccc(OCF)cc1. The lowest BCUT2D eigenvalue weighted by Gasteiger charge is -2.05. The third kappa shape index (κ3) is 4.30. The van der Waals surface area contributed by atoms with Crippen LogP contribution in [0.25, 0.3) is 0 Å². The number of ether oxygens (including phenoxy) is 2. The number of benzene rings is 1. The molecule has 0 fully saturated rings. The van der Waals surface area contributed by atoms with Gasteiger partial charge in [0.15, 0.2) is 0 Å². The van der Waals surface area contributed by atoms with Gasteiger partial charge in [-0.3, -0.25) is 4.79 Å². The van der Waals surface area contributed by atoms with Crippen LogP contribution in [0.4, 0.5) is 4.39 Å². The van der Waals surface area contributed by atoms with Gasteiger partial charge in [-0.1, -0.05) is 0 Å². The minimum Gasteiger partial charge on any atom is -0.493 e. The molecule has 0 aliphatic carbocycles. The molecule has 0 heterocycles. The molecule has 5 heteroatoms. The predicted octanol–water partition coefficient (Wildman–Crippen LogP) is 1.85. The highest BCUT2D eigenvalue weighted by Crippen LogP contribution is 2.17. The number of halogens is 1. The Hall–Kier alpha value is -1.78. The molecule has 15 heavy (non-hydrogen) atoms. The first-order valence-corrected chi connectivity index (χ1v) is 4.36. The van der Waals surface area contributed by atoms with Gasteiger partial charge in [-0.15, -0.1) is 0 Å². The van der Waals surface area contributed by atoms with Crippen LogP contribution in [0.1, 0.15) is 6.42 Å². The molecule has 1 N–H and O–H groups in total. The van der Waals surface area contributed by atoms with E-state index in [2.05, 4.69) is 4.74 Å². The van der Waals surface area contributed by atoms with E-state index in [0.29, 0.717) is 11.5 Å². The average Bonchev–Trinajstić information content (AvgIpc) is 2.20. The molecule has 1 rings (SSSR count). The maximum Gasteiger partial charge on any atom is 0.306 e. The molecule has 4 nitrogen and oxygen atoms in total. The van der Waals surface area contributed by atoms with Crippen LogP contribution in [0.2, 0.25) is 0 Å². The molecule has 0 amide bonds. The lowest BCUT2D eigenvalue weighted by atomic mass is 10.3. The highest BCUT2D eigenvalue weighted by Gasteiger charge is 1.99. The van der Waals surface area contributed by atoms with Crippen LogP contribution in [0, 0.1) is 0 Å². The Kier molecular flexibility index (Phi) is 4.40. The van der Waals surface area contributed by atoms with E-state index in [1.165, 1.54) is 0 Å². The third-order valence-corrected chi connectivity index (χ3v) is 1.63. The summed E-state index contributed by atoms with van der Waals surface area (Å²) in [7, 11) is 0. The van der Waals surface area contributed by atoms with Crippen LogP contribution in [0.15, 0.2) is 24.3 Å². The van der Waals surface area contributed by atoms with E-state index in [9.17, 15) is 9.18 Å². The van der Waals surface area contributed by atoms with Crippen molar-refractivity contribution in [2.45, 2.75) is 6.42 Å². The monoisotopic (exact) mass is 214 g/mol. The molecule has 0 aromatic heterocycles. The third-order valence-electron chi connectivity index (χ3n) is 1.63. The molecule has 0 bridgehead atoms. The van der Waals surface area contributed by atoms with Gasteiger partial charge in [-0.25, -0.2) is 4.39 Å². The number of rotatable bonds is 6. The van der Waals surface area contributed by atoms with Crippen molar-refractivity contribution in [2.24, 2.45) is 0 Å². The molecule has 0 aliphatic rings. The summed E-state index contributed by atoms with van der Waals surface area (Å²) in [6.07, 6.45) is -0.0528. The lowest BCUT2D eigenvalue weighted by Crippen LogP contribution is -2.04. The van der Waals surface area contributed by atoms with Gasteiger partial charge in [0.05, 0.1) is 13.0 Å². The molecule has 0 unspecified atom stereocenters. The number of alkyl halides is 1. The number of carboxylic acids is 1. The second kappa shape index (κ2) is 5.85. The maximum absolute atomic E-state index is 11.8. The molecular formula is C10H11FO4. The van der Waals surface area contributed by atoms with E-state index in [4.69, 9.17) is 9.84 Å². The summed E-state index contributed by atoms with van der Waals surface area (Å²) in [6, 6.07) is 6.28. The van der Waals surface area contributed by atoms with Crippen molar-refractivity contribution in [3.8, 4) is 11.5 Å². The molecule has 0 spiro atoms. The molecule has 1 aromatic carbocycles. The second-order valence-electron chi connectivity index (χ2n) is 2.72. The van der Waals surface area contributed by atoms with Gasteiger partial charge in [0.2, 0.25) is 6.86 Å². The van der Waals surface area contributed by atoms with Crippen molar-refractivity contribution in [3.05, 3.63) is 24.3 Å². The van der Waals surface area contributed by atoms with E-state index in [1.807, 2.05) is 0 Å². The zero-order chi connectivity index (χ0) is 11.1. The molecule has 1 aromatic rings. The molecule has 0 radical (unpaired) electrons. The smallest absolute Gasteiger partial charge is 0.306 e. The van der Waals surface area contributed by atoms with Gasteiger partial charge in [0.1, 0.15) is 11.5 Å². The quantitative estimate of drug-likeness (QED) is 0.785. The molecule has 0 saturated heterocycles. The number of hydrogen-bond donors (Lipinski definition) is 1. The van der Waals surface area contributed by atoms with Gasteiger partial charge in [-0.05, 0) is 24.3 Å². The number of carbonyl (C=O) groups is 1. The summed E-state index contributed by atoms with van der Waals surface area (Å²) in [5.41, 5.74) is 0. The van der Waals surface area contributed by atoms with Crippen LogP contribution in [-0.4, -0.2) is 24.5 Å². The van der Waals surface area contributed by atoms with Crippen LogP contribution in [0.5, 0.6) is 11.5 Å². The first-order chi connectivity index (χ1) is 7.22. The fraction of sp³-hybridized carbons (Fsp3) is 0.300. The number of carboxylic acid groups (broad SMARTS) is 1. The van der Waals surface area contributed by atoms with Crippen LogP contribution in [0.3, 0.4) is 0 Å². The summed E-state index contributed by atoms with van der Waals surface area (Å²) >= 11 is 0. The van der Waals surface area contributed by atoms with E-state index in [0.717, 1.165) is 0 Å². The summed E-state index contributed by atoms with van der Waals surface area (Å²) < 4.78 is 21.5. The molecule has 0 aliphatic heterocycles. The molecule has 0 atom stereocenters. The Bertz CT molecular complexity index is 310. The minimum atomic E-state index is -0.910. The van der Waals surface area contributed by atoms with Crippen LogP contribution < -0.4 is 9.47 Å². The first kappa shape index (κ1) is 11.3. The van der Waals surface area contributed by atoms with Crippen molar-refractivity contribution < 1.29 is 23.8 Å². The van der Waals surface area contributed by atoms with Crippen molar-refractivity contribution in [2.75, 3.05) is 13.5 Å². The highest BCUT2D eigenvalue weighted by molar-refractivity contribution is 5.66. The highest BCUT2D eigenvalue weighted by atomic mass is 19.1. The van der Waals surface area contributed by atoms with E-state index in [1.54, 1.807) is 24.3 Å². The minimum absolute atomic E-state index is 0.0528. The van der Waals surface area contributed by atoms with Gasteiger partial charge in [-0.2, -0.15) is 0 Å². The normalized spacial score (nSPS) is 9.67. The average molecular weight is 214 g/mol. The topological polar surface area (TPSA) is 55.8 Å². The number of aliphatic carboxylic acids is 1. The van der Waals surface area contributed by atoms with Gasteiger partial charge in [0, 0.05) is 0 Å². The summed E-state index contributed by atoms with van der Waals surface area (Å²) in [4.78, 5) is 10.2. The Morgan fingerprint density at radius 2 is 1.73 bits per heavy atom. The Morgan fingerprint density at radius 3 is 2.20 bits per heavy atom. The van der Waals surface area contributed by atoms with Crippen molar-refractivity contribution in [1.29, 1.82) is 0 Å². The summed E-state index contributed by atoms with van der Waals surface area (Å²) in [6.45, 7) is -0.766. The van der Waals surface area contributed by atoms with Gasteiger partial charge in [0.25, 0.3) is 0 Å². The number of hydrogen-bond acceptors (Lipinski definition) is 3. The Morgan fingerprint density at radius 1 is 1.20 bits per heavy atom. The largest absolute Gasteiger partial charge is 0.493 e. The van der Waals surface area contributed by atoms with Gasteiger partial charge >= 0.3 is 5.97 Å². The summed E-state index contributed by atoms with van der Waals surface area (Å²) in [5, 5.41) is 8.36. The standard InChI is InChI=1S/C10H11FO4/c11-7-15-9-3-1-8(2-4-9)14-6-5-10(12)13/h1-4H,5-7H2,(H,12,13). The Balaban J connectivity index is 2.39. The molecule has 82 valence electrons. The van der Waals surface area contributed by atoms with Crippen LogP contribution >= 0.6 is 0 Å².